The number of nitrogens with two attached hydrogens (primary N) is 1. The summed E-state index contributed by atoms with van der Waals surface area (Å²) in [7, 11) is -1.18. The molecular weight excluding hydrogens is 302 g/mol. The number of aromatic nitrogens is 2. The van der Waals surface area contributed by atoms with Gasteiger partial charge in [0.2, 0.25) is 0 Å². The van der Waals surface area contributed by atoms with Gasteiger partial charge in [-0.2, -0.15) is 0 Å². The van der Waals surface area contributed by atoms with Crippen LogP contribution in [0.2, 0.25) is 0 Å². The summed E-state index contributed by atoms with van der Waals surface area (Å²) in [6, 6.07) is 3.57. The largest absolute Gasteiger partial charge is 0.396 e. The second-order valence-electron chi connectivity index (χ2n) is 3.41. The Bertz CT molecular complexity index is 562. The second kappa shape index (κ2) is 5.37. The lowest BCUT2D eigenvalue weighted by molar-refractivity contribution is 0.682. The van der Waals surface area contributed by atoms with Gasteiger partial charge in [0.15, 0.2) is 0 Å². The predicted molar refractivity (Wildman–Crippen MR) is 70.7 cm³/mol. The quantitative estimate of drug-likeness (QED) is 0.942. The van der Waals surface area contributed by atoms with Crippen molar-refractivity contribution in [1.82, 2.24) is 9.97 Å². The molecule has 0 aromatic carbocycles. The minimum Gasteiger partial charge on any atom is -0.396 e. The molecule has 0 saturated carbocycles. The minimum absolute atomic E-state index is 0.390. The molecule has 0 amide bonds. The van der Waals surface area contributed by atoms with Gasteiger partial charge >= 0.3 is 0 Å². The number of nitrogens with zero attached hydrogens (tertiary/aromatic N) is 2. The lowest BCUT2D eigenvalue weighted by Crippen LogP contribution is -2.01. The van der Waals surface area contributed by atoms with Crippen molar-refractivity contribution in [2.75, 3.05) is 5.73 Å². The summed E-state index contributed by atoms with van der Waals surface area (Å²) < 4.78 is 13.0. The van der Waals surface area contributed by atoms with Crippen LogP contribution in [-0.2, 0) is 16.6 Å². The molecule has 17 heavy (non-hydrogen) atoms. The molecule has 0 aliphatic rings. The third-order valence-corrected chi connectivity index (χ3v) is 4.01. The molecule has 2 rings (SSSR count). The first-order valence-corrected chi connectivity index (χ1v) is 6.95. The average molecular weight is 312 g/mol. The first-order valence-electron chi connectivity index (χ1n) is 4.84. The minimum atomic E-state index is -1.18. The smallest absolute Gasteiger partial charge is 0.0664 e. The highest BCUT2D eigenvalue weighted by molar-refractivity contribution is 9.10. The van der Waals surface area contributed by atoms with Crippen molar-refractivity contribution >= 4 is 32.4 Å². The molecule has 2 N–H and O–H groups in total. The molecule has 0 fully saturated rings. The van der Waals surface area contributed by atoms with Crippen molar-refractivity contribution in [2.24, 2.45) is 0 Å². The van der Waals surface area contributed by atoms with E-state index in [0.717, 1.165) is 10.0 Å². The molecule has 1 unspecified atom stereocenters. The van der Waals surface area contributed by atoms with Crippen LogP contribution >= 0.6 is 15.9 Å². The summed E-state index contributed by atoms with van der Waals surface area (Å²) in [6.07, 6.45) is 6.47. The average Bonchev–Trinajstić information content (AvgIpc) is 2.29. The third-order valence-electron chi connectivity index (χ3n) is 2.11. The Hall–Kier alpha value is -1.27. The fourth-order valence-corrected chi connectivity index (χ4v) is 2.92. The van der Waals surface area contributed by atoms with Crippen LogP contribution in [0.4, 0.5) is 5.69 Å². The molecule has 0 spiro atoms. The normalized spacial score (nSPS) is 12.3. The third kappa shape index (κ3) is 3.10. The summed E-state index contributed by atoms with van der Waals surface area (Å²) in [5, 5.41) is 0. The Balaban J connectivity index is 2.20. The highest BCUT2D eigenvalue weighted by Crippen LogP contribution is 2.18. The molecule has 1 atom stereocenters. The number of halogens is 1. The molecule has 2 aromatic heterocycles. The van der Waals surface area contributed by atoms with Gasteiger partial charge in [-0.1, -0.05) is 0 Å². The maximum Gasteiger partial charge on any atom is 0.0664 e. The first kappa shape index (κ1) is 12.2. The molecule has 6 heteroatoms. The molecule has 0 aliphatic heterocycles. The Labute approximate surface area is 110 Å². The highest BCUT2D eigenvalue weighted by Gasteiger charge is 2.09. The van der Waals surface area contributed by atoms with E-state index in [4.69, 9.17) is 5.73 Å². The Morgan fingerprint density at radius 3 is 2.82 bits per heavy atom. The van der Waals surface area contributed by atoms with E-state index < -0.39 is 10.8 Å². The van der Waals surface area contributed by atoms with Gasteiger partial charge in [0.25, 0.3) is 0 Å². The van der Waals surface area contributed by atoms with Gasteiger partial charge in [-0.05, 0) is 33.6 Å². The topological polar surface area (TPSA) is 68.9 Å². The number of nitrogen functional groups attached to an aromatic ring is 1. The van der Waals surface area contributed by atoms with E-state index in [1.165, 1.54) is 6.20 Å². The van der Waals surface area contributed by atoms with Gasteiger partial charge in [0, 0.05) is 23.1 Å². The van der Waals surface area contributed by atoms with Crippen molar-refractivity contribution in [2.45, 2.75) is 10.6 Å². The monoisotopic (exact) mass is 311 g/mol. The van der Waals surface area contributed by atoms with Crippen LogP contribution in [-0.4, -0.2) is 14.2 Å². The first-order chi connectivity index (χ1) is 8.16. The standard InChI is InChI=1S/C11H10BrN3OS/c12-9-3-8(4-15-5-9)7-17(16)11-1-2-14-6-10(11)13/h1-6H,7,13H2. The molecule has 88 valence electrons. The van der Waals surface area contributed by atoms with Gasteiger partial charge < -0.3 is 5.73 Å². The zero-order valence-corrected chi connectivity index (χ0v) is 11.2. The van der Waals surface area contributed by atoms with Crippen LogP contribution < -0.4 is 5.73 Å². The van der Waals surface area contributed by atoms with Crippen LogP contribution in [0.25, 0.3) is 0 Å². The van der Waals surface area contributed by atoms with E-state index in [-0.39, 0.29) is 0 Å². The van der Waals surface area contributed by atoms with Gasteiger partial charge in [-0.25, -0.2) is 0 Å². The van der Waals surface area contributed by atoms with Crippen molar-refractivity contribution in [3.63, 3.8) is 0 Å². The number of rotatable bonds is 3. The van der Waals surface area contributed by atoms with Gasteiger partial charge in [-0.3, -0.25) is 14.2 Å². The fourth-order valence-electron chi connectivity index (χ4n) is 1.37. The summed E-state index contributed by atoms with van der Waals surface area (Å²) in [6.45, 7) is 0. The molecular formula is C11H10BrN3OS. The van der Waals surface area contributed by atoms with Gasteiger partial charge in [0.1, 0.15) is 0 Å². The van der Waals surface area contributed by atoms with Crippen molar-refractivity contribution in [1.29, 1.82) is 0 Å². The summed E-state index contributed by atoms with van der Waals surface area (Å²) >= 11 is 3.33. The maximum absolute atomic E-state index is 12.1. The van der Waals surface area contributed by atoms with Crippen LogP contribution in [0.5, 0.6) is 0 Å². The van der Waals surface area contributed by atoms with Crippen molar-refractivity contribution in [3.05, 3.63) is 47.0 Å². The zero-order valence-electron chi connectivity index (χ0n) is 8.84. The summed E-state index contributed by atoms with van der Waals surface area (Å²) in [5.41, 5.74) is 7.07. The highest BCUT2D eigenvalue weighted by atomic mass is 79.9. The molecule has 2 aromatic rings. The Morgan fingerprint density at radius 1 is 1.29 bits per heavy atom. The van der Waals surface area contributed by atoms with Gasteiger partial charge in [0.05, 0.1) is 33.3 Å². The van der Waals surface area contributed by atoms with Crippen LogP contribution in [0.15, 0.2) is 46.3 Å². The van der Waals surface area contributed by atoms with Crippen molar-refractivity contribution < 1.29 is 4.21 Å². The van der Waals surface area contributed by atoms with Crippen LogP contribution in [0.3, 0.4) is 0 Å². The van der Waals surface area contributed by atoms with E-state index in [1.807, 2.05) is 6.07 Å². The number of hydrogen-bond donors (Lipinski definition) is 1. The van der Waals surface area contributed by atoms with Gasteiger partial charge in [-0.15, -0.1) is 0 Å². The van der Waals surface area contributed by atoms with Crippen molar-refractivity contribution in [3.8, 4) is 0 Å². The van der Waals surface area contributed by atoms with E-state index in [2.05, 4.69) is 25.9 Å². The Kier molecular flexibility index (Phi) is 3.86. The van der Waals surface area contributed by atoms with Crippen LogP contribution in [0.1, 0.15) is 5.56 Å². The SMILES string of the molecule is Nc1cnccc1S(=O)Cc1cncc(Br)c1. The lowest BCUT2D eigenvalue weighted by Gasteiger charge is -2.05. The Morgan fingerprint density at radius 2 is 2.12 bits per heavy atom. The van der Waals surface area contributed by atoms with E-state index in [1.54, 1.807) is 24.7 Å². The summed E-state index contributed by atoms with van der Waals surface area (Å²) in [4.78, 5) is 8.51. The number of anilines is 1. The van der Waals surface area contributed by atoms with E-state index in [9.17, 15) is 4.21 Å². The number of pyridine rings is 2. The molecule has 2 heterocycles. The lowest BCUT2D eigenvalue weighted by atomic mass is 10.3. The molecule has 0 bridgehead atoms. The maximum atomic E-state index is 12.1. The predicted octanol–water partition coefficient (Wildman–Crippen LogP) is 2.13. The number of hydrogen-bond acceptors (Lipinski definition) is 4. The fraction of sp³-hybridized carbons (Fsp3) is 0.0909. The molecule has 0 aliphatic carbocycles. The molecule has 4 nitrogen and oxygen atoms in total. The molecule has 0 radical (unpaired) electrons. The second-order valence-corrected chi connectivity index (χ2v) is 5.75. The summed E-state index contributed by atoms with van der Waals surface area (Å²) in [5.74, 6) is 0.390. The van der Waals surface area contributed by atoms with E-state index in [0.29, 0.717) is 16.3 Å². The van der Waals surface area contributed by atoms with E-state index >= 15 is 0 Å². The zero-order chi connectivity index (χ0) is 12.3. The molecule has 0 saturated heterocycles. The van der Waals surface area contributed by atoms with Crippen LogP contribution in [0, 0.1) is 0 Å².